The van der Waals surface area contributed by atoms with E-state index in [1.165, 1.54) is 11.1 Å². The molecule has 0 aliphatic carbocycles. The van der Waals surface area contributed by atoms with E-state index in [9.17, 15) is 4.79 Å². The van der Waals surface area contributed by atoms with Crippen LogP contribution in [0.1, 0.15) is 36.4 Å². The maximum absolute atomic E-state index is 12.4. The molecule has 0 aromatic heterocycles. The summed E-state index contributed by atoms with van der Waals surface area (Å²) in [5.41, 5.74) is 2.57. The molecule has 1 aliphatic rings. The zero-order chi connectivity index (χ0) is 16.1. The molecule has 0 bridgehead atoms. The van der Waals surface area contributed by atoms with Crippen molar-refractivity contribution in [1.29, 1.82) is 0 Å². The highest BCUT2D eigenvalue weighted by atomic mass is 16.5. The molecular weight excluding hydrogens is 286 g/mol. The van der Waals surface area contributed by atoms with Crippen LogP contribution in [0.4, 0.5) is 0 Å². The molecule has 3 heteroatoms. The molecule has 1 fully saturated rings. The summed E-state index contributed by atoms with van der Waals surface area (Å²) in [6.45, 7) is 3.09. The molecule has 0 spiro atoms. The Morgan fingerprint density at radius 3 is 2.26 bits per heavy atom. The molecule has 1 heterocycles. The van der Waals surface area contributed by atoms with Gasteiger partial charge in [-0.2, -0.15) is 0 Å². The van der Waals surface area contributed by atoms with E-state index in [1.54, 1.807) is 0 Å². The number of nitrogens with two attached hydrogens (primary N) is 1. The van der Waals surface area contributed by atoms with Gasteiger partial charge in [-0.15, -0.1) is 0 Å². The van der Waals surface area contributed by atoms with Crippen LogP contribution in [0, 0.1) is 5.92 Å². The van der Waals surface area contributed by atoms with Crippen molar-refractivity contribution < 1.29 is 14.8 Å². The van der Waals surface area contributed by atoms with Gasteiger partial charge < -0.3 is 10.1 Å². The largest absolute Gasteiger partial charge is 0.466 e. The second-order valence-corrected chi connectivity index (χ2v) is 6.10. The molecule has 1 aliphatic heterocycles. The van der Waals surface area contributed by atoms with E-state index < -0.39 is 0 Å². The van der Waals surface area contributed by atoms with Crippen molar-refractivity contribution in [2.24, 2.45) is 5.92 Å². The van der Waals surface area contributed by atoms with E-state index in [-0.39, 0.29) is 17.8 Å². The number of hydrogen-bond donors (Lipinski definition) is 1. The monoisotopic (exact) mass is 310 g/mol. The third kappa shape index (κ3) is 3.62. The molecule has 3 atom stereocenters. The van der Waals surface area contributed by atoms with Crippen molar-refractivity contribution in [3.8, 4) is 0 Å². The van der Waals surface area contributed by atoms with Crippen molar-refractivity contribution in [2.45, 2.75) is 25.3 Å². The first kappa shape index (κ1) is 15.8. The highest BCUT2D eigenvalue weighted by Crippen LogP contribution is 2.35. The number of ether oxygens (including phenoxy) is 1. The molecule has 0 unspecified atom stereocenters. The summed E-state index contributed by atoms with van der Waals surface area (Å²) >= 11 is 0. The van der Waals surface area contributed by atoms with Crippen molar-refractivity contribution in [3.63, 3.8) is 0 Å². The Labute approximate surface area is 137 Å². The summed E-state index contributed by atoms with van der Waals surface area (Å²) in [6.07, 6.45) is 0.956. The summed E-state index contributed by atoms with van der Waals surface area (Å²) in [4.78, 5) is 12.4. The number of carbonyl (C=O) groups excluding carboxylic acids is 1. The third-order valence-electron chi connectivity index (χ3n) is 4.71. The van der Waals surface area contributed by atoms with Gasteiger partial charge in [0.05, 0.1) is 13.2 Å². The lowest BCUT2D eigenvalue weighted by Crippen LogP contribution is -2.89. The third-order valence-corrected chi connectivity index (χ3v) is 4.71. The summed E-state index contributed by atoms with van der Waals surface area (Å²) < 4.78 is 5.32. The van der Waals surface area contributed by atoms with Crippen LogP contribution >= 0.6 is 0 Å². The number of rotatable bonds is 4. The van der Waals surface area contributed by atoms with Crippen molar-refractivity contribution in [2.75, 3.05) is 13.2 Å². The minimum absolute atomic E-state index is 0.0656. The molecular formula is C20H24NO2+. The van der Waals surface area contributed by atoms with E-state index in [0.29, 0.717) is 12.6 Å². The Morgan fingerprint density at radius 1 is 1.04 bits per heavy atom. The molecule has 2 N–H and O–H groups in total. The van der Waals surface area contributed by atoms with E-state index >= 15 is 0 Å². The Bertz CT molecular complexity index is 627. The van der Waals surface area contributed by atoms with Gasteiger partial charge in [-0.05, 0) is 12.5 Å². The minimum Gasteiger partial charge on any atom is -0.466 e. The van der Waals surface area contributed by atoms with Crippen LogP contribution in [0.2, 0.25) is 0 Å². The van der Waals surface area contributed by atoms with Crippen LogP contribution in [0.5, 0.6) is 0 Å². The van der Waals surface area contributed by atoms with E-state index in [0.717, 1.165) is 13.0 Å². The lowest BCUT2D eigenvalue weighted by molar-refractivity contribution is -0.709. The quantitative estimate of drug-likeness (QED) is 0.882. The standard InChI is InChI=1S/C20H23NO2/c1-2-23-20(22)18-14-21-19(16-11-7-4-8-12-16)13-17(18)15-9-5-3-6-10-15/h3-12,17-19,21H,2,13-14H2,1H3/p+1/t17-,18+,19+/m1/s1. The summed E-state index contributed by atoms with van der Waals surface area (Å²) in [7, 11) is 0. The van der Waals surface area contributed by atoms with Crippen LogP contribution in [0.15, 0.2) is 60.7 Å². The summed E-state index contributed by atoms with van der Waals surface area (Å²) in [5, 5.41) is 2.29. The van der Waals surface area contributed by atoms with E-state index in [1.807, 2.05) is 31.2 Å². The first-order valence-electron chi connectivity index (χ1n) is 8.39. The van der Waals surface area contributed by atoms with Gasteiger partial charge in [0.25, 0.3) is 0 Å². The number of esters is 1. The number of hydrogen-bond acceptors (Lipinski definition) is 2. The van der Waals surface area contributed by atoms with Gasteiger partial charge in [-0.25, -0.2) is 0 Å². The second-order valence-electron chi connectivity index (χ2n) is 6.10. The molecule has 2 aromatic carbocycles. The maximum atomic E-state index is 12.4. The molecule has 120 valence electrons. The van der Waals surface area contributed by atoms with Crippen LogP contribution in [0.3, 0.4) is 0 Å². The highest BCUT2D eigenvalue weighted by Gasteiger charge is 2.39. The van der Waals surface area contributed by atoms with Gasteiger partial charge >= 0.3 is 5.97 Å². The van der Waals surface area contributed by atoms with Gasteiger partial charge in [0.1, 0.15) is 12.0 Å². The fourth-order valence-electron chi connectivity index (χ4n) is 3.56. The maximum Gasteiger partial charge on any atom is 0.315 e. The van der Waals surface area contributed by atoms with Gasteiger partial charge in [0.2, 0.25) is 0 Å². The van der Waals surface area contributed by atoms with Crippen LogP contribution < -0.4 is 5.32 Å². The molecule has 3 rings (SSSR count). The first-order valence-corrected chi connectivity index (χ1v) is 8.39. The van der Waals surface area contributed by atoms with Crippen LogP contribution in [-0.2, 0) is 9.53 Å². The van der Waals surface area contributed by atoms with E-state index in [4.69, 9.17) is 4.74 Å². The van der Waals surface area contributed by atoms with Crippen LogP contribution in [-0.4, -0.2) is 19.1 Å². The Hall–Kier alpha value is -2.13. The van der Waals surface area contributed by atoms with Crippen molar-refractivity contribution >= 4 is 5.97 Å². The fraction of sp³-hybridized carbons (Fsp3) is 0.350. The average Bonchev–Trinajstić information content (AvgIpc) is 2.63. The van der Waals surface area contributed by atoms with Gasteiger partial charge in [0.15, 0.2) is 0 Å². The normalized spacial score (nSPS) is 24.1. The fourth-order valence-corrected chi connectivity index (χ4v) is 3.56. The van der Waals surface area contributed by atoms with Gasteiger partial charge in [-0.1, -0.05) is 60.7 Å². The molecule has 1 saturated heterocycles. The molecule has 0 radical (unpaired) electrons. The van der Waals surface area contributed by atoms with E-state index in [2.05, 4.69) is 41.7 Å². The number of piperidine rings is 1. The Kier molecular flexibility index (Phi) is 5.09. The number of benzene rings is 2. The topological polar surface area (TPSA) is 42.9 Å². The number of carbonyl (C=O) groups is 1. The Morgan fingerprint density at radius 2 is 1.65 bits per heavy atom. The lowest BCUT2D eigenvalue weighted by Gasteiger charge is -2.33. The molecule has 0 saturated carbocycles. The lowest BCUT2D eigenvalue weighted by atomic mass is 9.77. The SMILES string of the molecule is CCOC(=O)[C@H]1C[NH2+][C@H](c2ccccc2)C[C@@H]1c1ccccc1. The van der Waals surface area contributed by atoms with Crippen molar-refractivity contribution in [1.82, 2.24) is 0 Å². The summed E-state index contributed by atoms with van der Waals surface area (Å²) in [5.74, 6) is 0.0758. The van der Waals surface area contributed by atoms with Crippen molar-refractivity contribution in [3.05, 3.63) is 71.8 Å². The highest BCUT2D eigenvalue weighted by molar-refractivity contribution is 5.74. The van der Waals surface area contributed by atoms with Crippen LogP contribution in [0.25, 0.3) is 0 Å². The average molecular weight is 310 g/mol. The molecule has 23 heavy (non-hydrogen) atoms. The van der Waals surface area contributed by atoms with Gasteiger partial charge in [-0.3, -0.25) is 4.79 Å². The minimum atomic E-state index is -0.0719. The zero-order valence-corrected chi connectivity index (χ0v) is 13.5. The molecule has 0 amide bonds. The zero-order valence-electron chi connectivity index (χ0n) is 13.5. The Balaban J connectivity index is 1.85. The van der Waals surface area contributed by atoms with Gasteiger partial charge in [0, 0.05) is 17.9 Å². The predicted molar refractivity (Wildman–Crippen MR) is 89.9 cm³/mol. The summed E-state index contributed by atoms with van der Waals surface area (Å²) in [6, 6.07) is 21.3. The molecule has 3 nitrogen and oxygen atoms in total. The smallest absolute Gasteiger partial charge is 0.315 e. The first-order chi connectivity index (χ1) is 11.3. The number of quaternary nitrogens is 1. The molecule has 2 aromatic rings. The predicted octanol–water partition coefficient (Wildman–Crippen LogP) is 2.66. The second kappa shape index (κ2) is 7.42.